The number of carboxylic acids is 1. The summed E-state index contributed by atoms with van der Waals surface area (Å²) in [6.45, 7) is 0.0282. The number of hydrogen-bond acceptors (Lipinski definition) is 4. The lowest BCUT2D eigenvalue weighted by molar-refractivity contribution is -0.141. The molecule has 1 aromatic heterocycles. The Bertz CT molecular complexity index is 991. The van der Waals surface area contributed by atoms with Gasteiger partial charge in [-0.05, 0) is 35.6 Å². The number of nitrogens with zero attached hydrogens (tertiary/aromatic N) is 1. The Morgan fingerprint density at radius 3 is 2.67 bits per heavy atom. The van der Waals surface area contributed by atoms with Gasteiger partial charge in [-0.25, -0.2) is 0 Å². The molecule has 0 saturated heterocycles. The van der Waals surface area contributed by atoms with E-state index < -0.39 is 17.8 Å². The fourth-order valence-electron chi connectivity index (χ4n) is 3.17. The lowest BCUT2D eigenvalue weighted by atomic mass is 9.97. The van der Waals surface area contributed by atoms with E-state index in [-0.39, 0.29) is 12.3 Å². The van der Waals surface area contributed by atoms with Gasteiger partial charge >= 0.3 is 5.97 Å². The highest BCUT2D eigenvalue weighted by Gasteiger charge is 2.28. The summed E-state index contributed by atoms with van der Waals surface area (Å²) in [5.41, 5.74) is 1.72. The van der Waals surface area contributed by atoms with E-state index in [1.165, 1.54) is 0 Å². The standard InChI is InChI=1S/C21H20N2O4/c24-20(19-11-18(23-27-19)15-7-8-15)22-12-17(21(25)26)10-13-5-6-14-3-1-2-4-16(14)9-13/h1-6,9,11,15,17H,7-8,10,12H2,(H,22,24)(H,25,26). The molecule has 2 aromatic carbocycles. The number of aliphatic carboxylic acids is 1. The van der Waals surface area contributed by atoms with Crippen LogP contribution >= 0.6 is 0 Å². The number of hydrogen-bond donors (Lipinski definition) is 2. The van der Waals surface area contributed by atoms with Crippen LogP contribution in [0, 0.1) is 5.92 Å². The summed E-state index contributed by atoms with van der Waals surface area (Å²) in [5, 5.41) is 18.3. The largest absolute Gasteiger partial charge is 0.481 e. The molecule has 0 aliphatic heterocycles. The van der Waals surface area contributed by atoms with Gasteiger partial charge in [-0.2, -0.15) is 0 Å². The van der Waals surface area contributed by atoms with Crippen molar-refractivity contribution in [3.8, 4) is 0 Å². The van der Waals surface area contributed by atoms with E-state index in [9.17, 15) is 14.7 Å². The number of carbonyl (C=O) groups excluding carboxylic acids is 1. The summed E-state index contributed by atoms with van der Waals surface area (Å²) < 4.78 is 5.08. The van der Waals surface area contributed by atoms with E-state index in [0.717, 1.165) is 34.9 Å². The summed E-state index contributed by atoms with van der Waals surface area (Å²) >= 11 is 0. The first-order chi connectivity index (χ1) is 13.1. The van der Waals surface area contributed by atoms with Crippen LogP contribution in [-0.2, 0) is 11.2 Å². The molecule has 1 saturated carbocycles. The summed E-state index contributed by atoms with van der Waals surface area (Å²) in [4.78, 5) is 23.8. The van der Waals surface area contributed by atoms with Crippen LogP contribution < -0.4 is 5.32 Å². The smallest absolute Gasteiger partial charge is 0.308 e. The molecule has 2 N–H and O–H groups in total. The van der Waals surface area contributed by atoms with Crippen molar-refractivity contribution in [2.45, 2.75) is 25.2 Å². The van der Waals surface area contributed by atoms with E-state index in [2.05, 4.69) is 10.5 Å². The van der Waals surface area contributed by atoms with Crippen molar-refractivity contribution >= 4 is 22.6 Å². The minimum absolute atomic E-state index is 0.0282. The number of carbonyl (C=O) groups is 2. The number of fused-ring (bicyclic) bond motifs is 1. The minimum Gasteiger partial charge on any atom is -0.481 e. The normalized spacial score (nSPS) is 14.8. The van der Waals surface area contributed by atoms with Crippen LogP contribution in [0.3, 0.4) is 0 Å². The van der Waals surface area contributed by atoms with Crippen molar-refractivity contribution < 1.29 is 19.2 Å². The number of aromatic nitrogens is 1. The van der Waals surface area contributed by atoms with Crippen molar-refractivity contribution in [1.29, 1.82) is 0 Å². The Balaban J connectivity index is 1.40. The summed E-state index contributed by atoms with van der Waals surface area (Å²) in [6.07, 6.45) is 2.48. The SMILES string of the molecule is O=C(NCC(Cc1ccc2ccccc2c1)C(=O)O)c1cc(C2CC2)no1. The first kappa shape index (κ1) is 17.3. The molecule has 1 atom stereocenters. The van der Waals surface area contributed by atoms with Gasteiger partial charge < -0.3 is 14.9 Å². The zero-order valence-corrected chi connectivity index (χ0v) is 14.7. The Morgan fingerprint density at radius 1 is 1.15 bits per heavy atom. The summed E-state index contributed by atoms with van der Waals surface area (Å²) in [7, 11) is 0. The molecule has 3 aromatic rings. The van der Waals surface area contributed by atoms with Gasteiger partial charge in [-0.3, -0.25) is 9.59 Å². The predicted molar refractivity (Wildman–Crippen MR) is 99.6 cm³/mol. The fourth-order valence-corrected chi connectivity index (χ4v) is 3.17. The molecular weight excluding hydrogens is 344 g/mol. The zero-order chi connectivity index (χ0) is 18.8. The van der Waals surface area contributed by atoms with Crippen molar-refractivity contribution in [2.24, 2.45) is 5.92 Å². The lowest BCUT2D eigenvalue weighted by Gasteiger charge is -2.13. The van der Waals surface area contributed by atoms with Crippen LogP contribution in [0.5, 0.6) is 0 Å². The molecule has 1 aliphatic carbocycles. The second-order valence-corrected chi connectivity index (χ2v) is 7.02. The van der Waals surface area contributed by atoms with Crippen LogP contribution in [0.1, 0.15) is 40.6 Å². The quantitative estimate of drug-likeness (QED) is 0.670. The molecule has 1 unspecified atom stereocenters. The van der Waals surface area contributed by atoms with Gasteiger partial charge in [0.25, 0.3) is 5.91 Å². The molecule has 1 heterocycles. The van der Waals surface area contributed by atoms with Crippen LogP contribution in [0.2, 0.25) is 0 Å². The molecule has 1 fully saturated rings. The molecule has 0 spiro atoms. The predicted octanol–water partition coefficient (Wildman–Crippen LogP) is 3.38. The zero-order valence-electron chi connectivity index (χ0n) is 14.7. The topological polar surface area (TPSA) is 92.4 Å². The Kier molecular flexibility index (Phi) is 4.62. The molecule has 27 heavy (non-hydrogen) atoms. The molecule has 6 nitrogen and oxygen atoms in total. The average molecular weight is 364 g/mol. The van der Waals surface area contributed by atoms with Gasteiger partial charge in [0.05, 0.1) is 11.6 Å². The lowest BCUT2D eigenvalue weighted by Crippen LogP contribution is -2.34. The minimum atomic E-state index is -0.945. The third kappa shape index (κ3) is 4.00. The number of amides is 1. The maximum absolute atomic E-state index is 12.2. The Morgan fingerprint density at radius 2 is 1.93 bits per heavy atom. The first-order valence-corrected chi connectivity index (χ1v) is 9.05. The average Bonchev–Trinajstić information content (AvgIpc) is 3.41. The maximum Gasteiger partial charge on any atom is 0.308 e. The third-order valence-corrected chi connectivity index (χ3v) is 4.90. The first-order valence-electron chi connectivity index (χ1n) is 9.05. The van der Waals surface area contributed by atoms with E-state index >= 15 is 0 Å². The molecule has 4 rings (SSSR count). The van der Waals surface area contributed by atoms with Gasteiger partial charge in [-0.1, -0.05) is 47.6 Å². The molecular formula is C21H20N2O4. The van der Waals surface area contributed by atoms with Crippen molar-refractivity contribution in [3.05, 3.63) is 65.5 Å². The Hall–Kier alpha value is -3.15. The van der Waals surface area contributed by atoms with Crippen molar-refractivity contribution in [1.82, 2.24) is 10.5 Å². The molecule has 1 aliphatic rings. The van der Waals surface area contributed by atoms with E-state index in [4.69, 9.17) is 4.52 Å². The van der Waals surface area contributed by atoms with Gasteiger partial charge in [0, 0.05) is 18.5 Å². The highest BCUT2D eigenvalue weighted by molar-refractivity contribution is 5.91. The summed E-state index contributed by atoms with van der Waals surface area (Å²) in [5.74, 6) is -1.57. The molecule has 0 radical (unpaired) electrons. The maximum atomic E-state index is 12.2. The van der Waals surface area contributed by atoms with E-state index in [1.54, 1.807) is 6.07 Å². The van der Waals surface area contributed by atoms with Gasteiger partial charge in [0.1, 0.15) is 0 Å². The van der Waals surface area contributed by atoms with Gasteiger partial charge in [0.2, 0.25) is 5.76 Å². The third-order valence-electron chi connectivity index (χ3n) is 4.90. The van der Waals surface area contributed by atoms with Crippen LogP contribution in [0.25, 0.3) is 10.8 Å². The van der Waals surface area contributed by atoms with Gasteiger partial charge in [-0.15, -0.1) is 0 Å². The van der Waals surface area contributed by atoms with Gasteiger partial charge in [0.15, 0.2) is 0 Å². The molecule has 6 heteroatoms. The van der Waals surface area contributed by atoms with Crippen LogP contribution in [0.4, 0.5) is 0 Å². The van der Waals surface area contributed by atoms with Crippen LogP contribution in [0.15, 0.2) is 53.1 Å². The number of carboxylic acid groups (broad SMARTS) is 1. The number of rotatable bonds is 7. The second kappa shape index (κ2) is 7.23. The monoisotopic (exact) mass is 364 g/mol. The van der Waals surface area contributed by atoms with E-state index in [0.29, 0.717) is 12.3 Å². The summed E-state index contributed by atoms with van der Waals surface area (Å²) in [6, 6.07) is 15.5. The highest BCUT2D eigenvalue weighted by Crippen LogP contribution is 2.39. The molecule has 138 valence electrons. The number of nitrogens with one attached hydrogen (secondary N) is 1. The molecule has 0 bridgehead atoms. The van der Waals surface area contributed by atoms with Crippen molar-refractivity contribution in [3.63, 3.8) is 0 Å². The van der Waals surface area contributed by atoms with E-state index in [1.807, 2.05) is 42.5 Å². The second-order valence-electron chi connectivity index (χ2n) is 7.02. The Labute approximate surface area is 156 Å². The molecule has 1 amide bonds. The number of benzene rings is 2. The highest BCUT2D eigenvalue weighted by atomic mass is 16.5. The fraction of sp³-hybridized carbons (Fsp3) is 0.286. The van der Waals surface area contributed by atoms with Crippen LogP contribution in [-0.4, -0.2) is 28.7 Å². The van der Waals surface area contributed by atoms with Crippen molar-refractivity contribution in [2.75, 3.05) is 6.54 Å².